The Kier molecular flexibility index (Phi) is 4.50. The Morgan fingerprint density at radius 1 is 1.23 bits per heavy atom. The van der Waals surface area contributed by atoms with Gasteiger partial charge in [0.05, 0.1) is 13.2 Å². The summed E-state index contributed by atoms with van der Waals surface area (Å²) >= 11 is 0. The van der Waals surface area contributed by atoms with Crippen molar-refractivity contribution in [3.8, 4) is 0 Å². The van der Waals surface area contributed by atoms with Crippen molar-refractivity contribution in [2.75, 3.05) is 44.8 Å². The number of amides is 3. The summed E-state index contributed by atoms with van der Waals surface area (Å²) in [6, 6.07) is 8.18. The van der Waals surface area contributed by atoms with Gasteiger partial charge in [-0.25, -0.2) is 4.79 Å². The van der Waals surface area contributed by atoms with E-state index >= 15 is 0 Å². The fourth-order valence-corrected chi connectivity index (χ4v) is 3.61. The molecule has 2 fully saturated rings. The Hall–Kier alpha value is -2.61. The van der Waals surface area contributed by atoms with Crippen LogP contribution in [-0.2, 0) is 9.53 Å². The Morgan fingerprint density at radius 2 is 2.00 bits per heavy atom. The van der Waals surface area contributed by atoms with Crippen LogP contribution in [-0.4, -0.2) is 72.7 Å². The highest BCUT2D eigenvalue weighted by Crippen LogP contribution is 2.27. The molecule has 0 spiro atoms. The molecule has 3 heterocycles. The van der Waals surface area contributed by atoms with Crippen LogP contribution in [0.25, 0.3) is 11.1 Å². The largest absolute Gasteiger partial charge is 0.423 e. The minimum absolute atomic E-state index is 0.0691. The van der Waals surface area contributed by atoms with Crippen LogP contribution in [0.5, 0.6) is 0 Å². The van der Waals surface area contributed by atoms with Gasteiger partial charge in [-0.15, -0.1) is 0 Å². The van der Waals surface area contributed by atoms with Gasteiger partial charge in [-0.2, -0.15) is 4.98 Å². The highest BCUT2D eigenvalue weighted by molar-refractivity contribution is 6.02. The summed E-state index contributed by atoms with van der Waals surface area (Å²) in [5.74, 6) is -0.145. The number of oxazole rings is 1. The molecular formula is C18H22N4O4. The number of para-hydroxylation sites is 2. The number of benzene rings is 1. The molecule has 0 atom stereocenters. The zero-order valence-electron chi connectivity index (χ0n) is 14.8. The number of methoxy groups -OCH3 is 1. The molecule has 3 amide bonds. The first-order valence-corrected chi connectivity index (χ1v) is 8.88. The molecule has 0 bridgehead atoms. The lowest BCUT2D eigenvalue weighted by atomic mass is 10.0. The highest BCUT2D eigenvalue weighted by atomic mass is 16.5. The van der Waals surface area contributed by atoms with Crippen LogP contribution in [0.3, 0.4) is 0 Å². The molecule has 138 valence electrons. The number of imide groups is 1. The number of piperidine rings is 1. The molecule has 4 rings (SSSR count). The van der Waals surface area contributed by atoms with Crippen LogP contribution < -0.4 is 4.90 Å². The fraction of sp³-hybridized carbons (Fsp3) is 0.500. The number of hydrogen-bond acceptors (Lipinski definition) is 6. The number of rotatable bonds is 5. The molecule has 0 N–H and O–H groups in total. The molecule has 0 aliphatic carbocycles. The minimum atomic E-state index is -0.202. The number of anilines is 1. The van der Waals surface area contributed by atoms with Crippen LogP contribution in [0, 0.1) is 0 Å². The van der Waals surface area contributed by atoms with Crippen LogP contribution in [0.4, 0.5) is 10.8 Å². The standard InChI is InChI=1S/C18H22N4O4/c1-25-11-10-21-16(23)12-22(18(21)24)13-6-8-20(9-7-13)17-19-14-4-2-3-5-15(14)26-17/h2-5,13H,6-12H2,1H3. The van der Waals surface area contributed by atoms with Crippen LogP contribution in [0.2, 0.25) is 0 Å². The first-order valence-electron chi connectivity index (χ1n) is 8.88. The van der Waals surface area contributed by atoms with Crippen molar-refractivity contribution in [3.05, 3.63) is 24.3 Å². The molecule has 8 nitrogen and oxygen atoms in total. The number of nitrogens with zero attached hydrogens (tertiary/aromatic N) is 4. The van der Waals surface area contributed by atoms with Crippen molar-refractivity contribution in [1.29, 1.82) is 0 Å². The van der Waals surface area contributed by atoms with Crippen LogP contribution >= 0.6 is 0 Å². The van der Waals surface area contributed by atoms with Gasteiger partial charge in [0.25, 0.3) is 6.01 Å². The zero-order chi connectivity index (χ0) is 18.1. The van der Waals surface area contributed by atoms with Crippen molar-refractivity contribution in [2.24, 2.45) is 0 Å². The smallest absolute Gasteiger partial charge is 0.327 e. The molecule has 0 saturated carbocycles. The molecule has 2 saturated heterocycles. The third kappa shape index (κ3) is 3.01. The van der Waals surface area contributed by atoms with Crippen LogP contribution in [0.1, 0.15) is 12.8 Å². The quantitative estimate of drug-likeness (QED) is 0.757. The molecule has 2 aliphatic heterocycles. The van der Waals surface area contributed by atoms with Crippen molar-refractivity contribution in [1.82, 2.24) is 14.8 Å². The number of aromatic nitrogens is 1. The van der Waals surface area contributed by atoms with Gasteiger partial charge in [-0.3, -0.25) is 9.69 Å². The Labute approximate surface area is 151 Å². The van der Waals surface area contributed by atoms with E-state index in [0.29, 0.717) is 19.2 Å². The molecule has 2 aromatic rings. The maximum atomic E-state index is 12.5. The van der Waals surface area contributed by atoms with E-state index in [4.69, 9.17) is 9.15 Å². The zero-order valence-corrected chi connectivity index (χ0v) is 14.8. The first kappa shape index (κ1) is 16.8. The van der Waals surface area contributed by atoms with E-state index in [1.54, 1.807) is 12.0 Å². The van der Waals surface area contributed by atoms with Gasteiger partial charge in [0.2, 0.25) is 5.91 Å². The third-order valence-electron chi connectivity index (χ3n) is 5.06. The summed E-state index contributed by atoms with van der Waals surface area (Å²) in [5.41, 5.74) is 1.62. The second kappa shape index (κ2) is 6.95. The SMILES string of the molecule is COCCN1C(=O)CN(C2CCN(c3nc4ccccc4o3)CC2)C1=O. The van der Waals surface area contributed by atoms with Crippen molar-refractivity contribution < 1.29 is 18.7 Å². The monoisotopic (exact) mass is 358 g/mol. The lowest BCUT2D eigenvalue weighted by molar-refractivity contribution is -0.125. The maximum Gasteiger partial charge on any atom is 0.327 e. The van der Waals surface area contributed by atoms with Gasteiger partial charge in [0.15, 0.2) is 5.58 Å². The molecule has 1 aromatic heterocycles. The lowest BCUT2D eigenvalue weighted by Crippen LogP contribution is -2.47. The number of urea groups is 1. The summed E-state index contributed by atoms with van der Waals surface area (Å²) in [6.07, 6.45) is 1.58. The van der Waals surface area contributed by atoms with Crippen molar-refractivity contribution >= 4 is 29.1 Å². The minimum Gasteiger partial charge on any atom is -0.423 e. The van der Waals surface area contributed by atoms with E-state index in [9.17, 15) is 9.59 Å². The first-order chi connectivity index (χ1) is 12.7. The molecule has 8 heteroatoms. The van der Waals surface area contributed by atoms with E-state index in [2.05, 4.69) is 9.88 Å². The molecule has 26 heavy (non-hydrogen) atoms. The van der Waals surface area contributed by atoms with Crippen LogP contribution in [0.15, 0.2) is 28.7 Å². The molecule has 0 radical (unpaired) electrons. The summed E-state index contributed by atoms with van der Waals surface area (Å²) in [5, 5.41) is 0. The van der Waals surface area contributed by atoms with Crippen molar-refractivity contribution in [2.45, 2.75) is 18.9 Å². The average molecular weight is 358 g/mol. The maximum absolute atomic E-state index is 12.5. The second-order valence-corrected chi connectivity index (χ2v) is 6.63. The van der Waals surface area contributed by atoms with Gasteiger partial charge in [0, 0.05) is 26.2 Å². The Morgan fingerprint density at radius 3 is 2.73 bits per heavy atom. The number of fused-ring (bicyclic) bond motifs is 1. The highest BCUT2D eigenvalue weighted by Gasteiger charge is 2.40. The average Bonchev–Trinajstić information content (AvgIpc) is 3.21. The summed E-state index contributed by atoms with van der Waals surface area (Å²) in [7, 11) is 1.56. The predicted molar refractivity (Wildman–Crippen MR) is 94.9 cm³/mol. The Balaban J connectivity index is 1.39. The van der Waals surface area contributed by atoms with E-state index in [1.165, 1.54) is 4.90 Å². The Bertz CT molecular complexity index is 779. The second-order valence-electron chi connectivity index (χ2n) is 6.63. The van der Waals surface area contributed by atoms with Gasteiger partial charge in [-0.05, 0) is 25.0 Å². The van der Waals surface area contributed by atoms with Gasteiger partial charge in [-0.1, -0.05) is 12.1 Å². The fourth-order valence-electron chi connectivity index (χ4n) is 3.61. The van der Waals surface area contributed by atoms with Crippen molar-refractivity contribution in [3.63, 3.8) is 0 Å². The molecule has 1 aromatic carbocycles. The number of hydrogen-bond donors (Lipinski definition) is 0. The van der Waals surface area contributed by atoms with Gasteiger partial charge < -0.3 is 19.0 Å². The third-order valence-corrected chi connectivity index (χ3v) is 5.06. The topological polar surface area (TPSA) is 79.1 Å². The number of carbonyl (C=O) groups is 2. The van der Waals surface area contributed by atoms with E-state index in [1.807, 2.05) is 24.3 Å². The molecular weight excluding hydrogens is 336 g/mol. The van der Waals surface area contributed by atoms with Gasteiger partial charge >= 0.3 is 6.03 Å². The molecule has 2 aliphatic rings. The van der Waals surface area contributed by atoms with Gasteiger partial charge in [0.1, 0.15) is 12.1 Å². The summed E-state index contributed by atoms with van der Waals surface area (Å²) in [4.78, 5) is 34.2. The van der Waals surface area contributed by atoms with E-state index < -0.39 is 0 Å². The predicted octanol–water partition coefficient (Wildman–Crippen LogP) is 1.71. The summed E-state index contributed by atoms with van der Waals surface area (Å²) in [6.45, 7) is 2.32. The molecule has 0 unspecified atom stereocenters. The lowest BCUT2D eigenvalue weighted by Gasteiger charge is -2.35. The number of ether oxygens (including phenoxy) is 1. The normalized spacial score (nSPS) is 19.2. The van der Waals surface area contributed by atoms with E-state index in [0.717, 1.165) is 37.0 Å². The summed E-state index contributed by atoms with van der Waals surface area (Å²) < 4.78 is 10.8. The number of carbonyl (C=O) groups excluding carboxylic acids is 2. The van der Waals surface area contributed by atoms with E-state index in [-0.39, 0.29) is 24.5 Å².